The van der Waals surface area contributed by atoms with Crippen LogP contribution in [0.1, 0.15) is 68.7 Å². The number of carbonyl (C=O) groups excluding carboxylic acids is 1. The Balaban J connectivity index is 2.41. The van der Waals surface area contributed by atoms with Crippen LogP contribution in [-0.4, -0.2) is 15.7 Å². The Kier molecular flexibility index (Phi) is 4.62. The second-order valence-electron chi connectivity index (χ2n) is 8.52. The van der Waals surface area contributed by atoms with Gasteiger partial charge in [0.1, 0.15) is 5.82 Å². The van der Waals surface area contributed by atoms with Crippen molar-refractivity contribution in [3.8, 4) is 0 Å². The Morgan fingerprint density at radius 3 is 2.17 bits per heavy atom. The molecule has 0 atom stereocenters. The van der Waals surface area contributed by atoms with Gasteiger partial charge in [-0.15, -0.1) is 0 Å². The Morgan fingerprint density at radius 2 is 1.67 bits per heavy atom. The summed E-state index contributed by atoms with van der Waals surface area (Å²) in [7, 11) is 0. The number of hydrogen-bond acceptors (Lipinski definition) is 2. The number of rotatable bonds is 2. The van der Waals surface area contributed by atoms with Gasteiger partial charge in [-0.2, -0.15) is 5.10 Å². The molecule has 0 aliphatic rings. The number of hydrogen-bond donors (Lipinski definition) is 1. The first kappa shape index (κ1) is 18.2. The molecule has 0 fully saturated rings. The fourth-order valence-corrected chi connectivity index (χ4v) is 2.60. The van der Waals surface area contributed by atoms with Gasteiger partial charge in [0, 0.05) is 17.0 Å². The van der Waals surface area contributed by atoms with E-state index >= 15 is 0 Å². The lowest BCUT2D eigenvalue weighted by Gasteiger charge is -2.23. The molecule has 0 bridgehead atoms. The van der Waals surface area contributed by atoms with Crippen molar-refractivity contribution in [1.29, 1.82) is 0 Å². The molecule has 130 valence electrons. The maximum Gasteiger partial charge on any atom is 0.257 e. The molecule has 2 aromatic rings. The van der Waals surface area contributed by atoms with E-state index < -0.39 is 0 Å². The Morgan fingerprint density at radius 1 is 1.04 bits per heavy atom. The molecule has 24 heavy (non-hydrogen) atoms. The van der Waals surface area contributed by atoms with Crippen molar-refractivity contribution >= 4 is 11.7 Å². The summed E-state index contributed by atoms with van der Waals surface area (Å²) >= 11 is 0. The minimum atomic E-state index is -0.214. The van der Waals surface area contributed by atoms with Crippen molar-refractivity contribution in [2.75, 3.05) is 5.32 Å². The smallest absolute Gasteiger partial charge is 0.257 e. The maximum absolute atomic E-state index is 12.7. The van der Waals surface area contributed by atoms with Crippen LogP contribution in [0.2, 0.25) is 0 Å². The van der Waals surface area contributed by atoms with Gasteiger partial charge in [0.25, 0.3) is 5.91 Å². The minimum Gasteiger partial charge on any atom is -0.307 e. The molecule has 1 heterocycles. The quantitative estimate of drug-likeness (QED) is 0.861. The topological polar surface area (TPSA) is 46.9 Å². The lowest BCUT2D eigenvalue weighted by Crippen LogP contribution is -2.27. The second-order valence-corrected chi connectivity index (χ2v) is 8.52. The number of benzene rings is 1. The van der Waals surface area contributed by atoms with Gasteiger partial charge in [-0.3, -0.25) is 4.79 Å². The largest absolute Gasteiger partial charge is 0.307 e. The summed E-state index contributed by atoms with van der Waals surface area (Å²) in [5.74, 6) is 0.635. The van der Waals surface area contributed by atoms with Crippen LogP contribution >= 0.6 is 0 Å². The normalized spacial score (nSPS) is 12.3. The number of nitrogens with one attached hydrogen (secondary N) is 1. The number of carbonyl (C=O) groups is 1. The highest BCUT2D eigenvalue weighted by atomic mass is 16.1. The molecule has 1 amide bonds. The summed E-state index contributed by atoms with van der Waals surface area (Å²) in [6, 6.07) is 7.84. The summed E-state index contributed by atoms with van der Waals surface area (Å²) in [4.78, 5) is 12.7. The van der Waals surface area contributed by atoms with E-state index in [-0.39, 0.29) is 16.9 Å². The minimum absolute atomic E-state index is 0.0737. The van der Waals surface area contributed by atoms with E-state index in [0.29, 0.717) is 5.56 Å². The number of aromatic nitrogens is 2. The van der Waals surface area contributed by atoms with Crippen LogP contribution in [0.3, 0.4) is 0 Å². The molecule has 0 saturated heterocycles. The third-order valence-corrected chi connectivity index (χ3v) is 3.98. The van der Waals surface area contributed by atoms with Crippen molar-refractivity contribution < 1.29 is 4.79 Å². The Bertz CT molecular complexity index is 758. The second kappa shape index (κ2) is 6.08. The first-order chi connectivity index (χ1) is 10.9. The van der Waals surface area contributed by atoms with Crippen LogP contribution < -0.4 is 5.32 Å². The molecular formula is C20H29N3O. The zero-order valence-electron chi connectivity index (χ0n) is 16.1. The number of nitrogens with zero attached hydrogens (tertiary/aromatic N) is 2. The van der Waals surface area contributed by atoms with E-state index in [1.807, 2.05) is 42.8 Å². The van der Waals surface area contributed by atoms with Gasteiger partial charge in [0.15, 0.2) is 0 Å². The van der Waals surface area contributed by atoms with Crippen molar-refractivity contribution in [2.24, 2.45) is 0 Å². The third-order valence-electron chi connectivity index (χ3n) is 3.98. The van der Waals surface area contributed by atoms with Crippen LogP contribution in [0.5, 0.6) is 0 Å². The molecule has 0 saturated carbocycles. The van der Waals surface area contributed by atoms with Crippen LogP contribution in [-0.2, 0) is 11.0 Å². The fraction of sp³-hybridized carbons (Fsp3) is 0.500. The van der Waals surface area contributed by atoms with Crippen molar-refractivity contribution in [3.05, 3.63) is 46.6 Å². The van der Waals surface area contributed by atoms with E-state index in [1.54, 1.807) is 0 Å². The summed E-state index contributed by atoms with van der Waals surface area (Å²) in [6.07, 6.45) is 0. The zero-order chi connectivity index (χ0) is 18.3. The molecule has 0 aliphatic heterocycles. The van der Waals surface area contributed by atoms with Gasteiger partial charge in [-0.1, -0.05) is 38.5 Å². The first-order valence-electron chi connectivity index (χ1n) is 8.39. The van der Waals surface area contributed by atoms with E-state index in [1.165, 1.54) is 0 Å². The average molecular weight is 327 g/mol. The fourth-order valence-electron chi connectivity index (χ4n) is 2.60. The number of anilines is 1. The lowest BCUT2D eigenvalue weighted by molar-refractivity contribution is 0.102. The molecule has 0 radical (unpaired) electrons. The predicted octanol–water partition coefficient (Wildman–Crippen LogP) is 4.80. The summed E-state index contributed by atoms with van der Waals surface area (Å²) in [5, 5.41) is 7.79. The SMILES string of the molecule is Cc1ccc(C(=O)Nc2cc(C(C)(C)C)nn2C(C)(C)C)c(C)c1. The molecule has 1 aromatic carbocycles. The monoisotopic (exact) mass is 327 g/mol. The molecular weight excluding hydrogens is 298 g/mol. The molecule has 0 aliphatic carbocycles. The average Bonchev–Trinajstić information content (AvgIpc) is 2.82. The highest BCUT2D eigenvalue weighted by molar-refractivity contribution is 6.04. The highest BCUT2D eigenvalue weighted by Gasteiger charge is 2.26. The number of aryl methyl sites for hydroxylation is 2. The van der Waals surface area contributed by atoms with Crippen LogP contribution in [0, 0.1) is 13.8 Å². The van der Waals surface area contributed by atoms with Gasteiger partial charge in [0.2, 0.25) is 0 Å². The zero-order valence-corrected chi connectivity index (χ0v) is 16.1. The summed E-state index contributed by atoms with van der Waals surface area (Å²) in [5.41, 5.74) is 3.50. The van der Waals surface area contributed by atoms with E-state index in [4.69, 9.17) is 5.10 Å². The third kappa shape index (κ3) is 3.86. The van der Waals surface area contributed by atoms with Gasteiger partial charge in [0.05, 0.1) is 11.2 Å². The van der Waals surface area contributed by atoms with Crippen molar-refractivity contribution in [2.45, 2.75) is 66.3 Å². The predicted molar refractivity (Wildman–Crippen MR) is 99.8 cm³/mol. The van der Waals surface area contributed by atoms with Gasteiger partial charge >= 0.3 is 0 Å². The summed E-state index contributed by atoms with van der Waals surface area (Å²) in [6.45, 7) is 16.6. The van der Waals surface area contributed by atoms with Gasteiger partial charge in [-0.25, -0.2) is 4.68 Å². The number of amides is 1. The van der Waals surface area contributed by atoms with Crippen molar-refractivity contribution in [3.63, 3.8) is 0 Å². The van der Waals surface area contributed by atoms with Gasteiger partial charge < -0.3 is 5.32 Å². The molecule has 0 spiro atoms. The van der Waals surface area contributed by atoms with E-state index in [2.05, 4.69) is 46.9 Å². The van der Waals surface area contributed by atoms with Gasteiger partial charge in [-0.05, 0) is 46.2 Å². The lowest BCUT2D eigenvalue weighted by atomic mass is 9.92. The maximum atomic E-state index is 12.7. The standard InChI is InChI=1S/C20H29N3O/c1-13-9-10-15(14(2)11-13)18(24)21-17-12-16(19(3,4)5)22-23(17)20(6,7)8/h9-12H,1-8H3,(H,21,24). The molecule has 0 unspecified atom stereocenters. The molecule has 1 aromatic heterocycles. The van der Waals surface area contributed by atoms with E-state index in [0.717, 1.165) is 22.6 Å². The molecule has 2 rings (SSSR count). The van der Waals surface area contributed by atoms with E-state index in [9.17, 15) is 4.79 Å². The first-order valence-corrected chi connectivity index (χ1v) is 8.39. The molecule has 4 nitrogen and oxygen atoms in total. The molecule has 4 heteroatoms. The highest BCUT2D eigenvalue weighted by Crippen LogP contribution is 2.28. The molecule has 1 N–H and O–H groups in total. The van der Waals surface area contributed by atoms with Crippen molar-refractivity contribution in [1.82, 2.24) is 9.78 Å². The Labute approximate surface area is 145 Å². The van der Waals surface area contributed by atoms with Crippen LogP contribution in [0.25, 0.3) is 0 Å². The summed E-state index contributed by atoms with van der Waals surface area (Å²) < 4.78 is 1.90. The van der Waals surface area contributed by atoms with Crippen LogP contribution in [0.4, 0.5) is 5.82 Å². The van der Waals surface area contributed by atoms with Crippen LogP contribution in [0.15, 0.2) is 24.3 Å². The Hall–Kier alpha value is -2.10.